The van der Waals surface area contributed by atoms with Crippen molar-refractivity contribution in [3.8, 4) is 0 Å². The first kappa shape index (κ1) is 24.8. The van der Waals surface area contributed by atoms with Gasteiger partial charge in [-0.1, -0.05) is 47.8 Å². The maximum atomic E-state index is 13.2. The molecule has 0 aromatic heterocycles. The van der Waals surface area contributed by atoms with E-state index in [4.69, 9.17) is 34.8 Å². The highest BCUT2D eigenvalue weighted by Gasteiger charge is 2.30. The Morgan fingerprint density at radius 3 is 2.71 bits per heavy atom. The van der Waals surface area contributed by atoms with Gasteiger partial charge < -0.3 is 10.0 Å². The summed E-state index contributed by atoms with van der Waals surface area (Å²) in [6.07, 6.45) is 6.45. The zero-order valence-electron chi connectivity index (χ0n) is 17.7. The fourth-order valence-electron chi connectivity index (χ4n) is 3.34. The Bertz CT molecular complexity index is 1340. The number of benzene rings is 2. The third kappa shape index (κ3) is 5.34. The smallest absolute Gasteiger partial charge is 0.264 e. The third-order valence-electron chi connectivity index (χ3n) is 5.15. The maximum Gasteiger partial charge on any atom is 0.264 e. The van der Waals surface area contributed by atoms with Crippen LogP contribution < -0.4 is 14.8 Å². The molecule has 0 bridgehead atoms. The van der Waals surface area contributed by atoms with Gasteiger partial charge in [-0.05, 0) is 54.0 Å². The molecule has 0 saturated heterocycles. The highest BCUT2D eigenvalue weighted by Crippen LogP contribution is 2.34. The Hall–Kier alpha value is -2.30. The van der Waals surface area contributed by atoms with Crippen LogP contribution in [0.2, 0.25) is 15.1 Å². The number of carbonyl (C=O) groups is 1. The van der Waals surface area contributed by atoms with Gasteiger partial charge in [-0.2, -0.15) is 0 Å². The Balaban J connectivity index is 1.52. The van der Waals surface area contributed by atoms with Gasteiger partial charge in [0.15, 0.2) is 0 Å². The molecule has 1 atom stereocenters. The molecule has 0 radical (unpaired) electrons. The van der Waals surface area contributed by atoms with Crippen LogP contribution in [-0.4, -0.2) is 25.2 Å². The number of nitrogens with zero attached hydrogens (tertiary/aromatic N) is 1. The highest BCUT2D eigenvalue weighted by atomic mass is 35.5. The molecule has 12 heteroatoms. The van der Waals surface area contributed by atoms with Crippen LogP contribution in [0.15, 0.2) is 71.6 Å². The minimum absolute atomic E-state index is 0.0596. The summed E-state index contributed by atoms with van der Waals surface area (Å²) in [7, 11) is -4.02. The molecule has 34 heavy (non-hydrogen) atoms. The van der Waals surface area contributed by atoms with E-state index < -0.39 is 15.9 Å². The third-order valence-corrected chi connectivity index (χ3v) is 8.27. The van der Waals surface area contributed by atoms with Crippen LogP contribution in [0.3, 0.4) is 0 Å². The van der Waals surface area contributed by atoms with Crippen molar-refractivity contribution in [2.75, 3.05) is 11.3 Å². The number of halogens is 3. The number of anilines is 1. The summed E-state index contributed by atoms with van der Waals surface area (Å²) in [5.74, 6) is -0.506. The van der Waals surface area contributed by atoms with E-state index in [9.17, 15) is 13.2 Å². The van der Waals surface area contributed by atoms with Gasteiger partial charge in [0.1, 0.15) is 4.91 Å². The number of allylic oxidation sites excluding steroid dienone is 2. The number of sulfonamides is 1. The fourth-order valence-corrected chi connectivity index (χ4v) is 5.79. The van der Waals surface area contributed by atoms with E-state index in [1.165, 1.54) is 36.4 Å². The van der Waals surface area contributed by atoms with Crippen molar-refractivity contribution in [1.82, 2.24) is 14.3 Å². The molecule has 2 aromatic carbocycles. The largest absolute Gasteiger partial charge is 0.351 e. The first-order valence-corrected chi connectivity index (χ1v) is 13.4. The number of rotatable bonds is 7. The molecule has 0 fully saturated rings. The molecular weight excluding hydrogens is 539 g/mol. The minimum Gasteiger partial charge on any atom is -0.351 e. The van der Waals surface area contributed by atoms with Gasteiger partial charge in [0.25, 0.3) is 15.9 Å². The molecule has 0 spiro atoms. The molecule has 1 unspecified atom stereocenters. The second-order valence-corrected chi connectivity index (χ2v) is 11.2. The molecule has 3 N–H and O–H groups in total. The van der Waals surface area contributed by atoms with E-state index in [1.807, 2.05) is 13.0 Å². The molecule has 178 valence electrons. The molecule has 2 aliphatic rings. The zero-order chi connectivity index (χ0) is 24.5. The van der Waals surface area contributed by atoms with Crippen molar-refractivity contribution in [1.29, 1.82) is 0 Å². The van der Waals surface area contributed by atoms with Crippen LogP contribution in [0.5, 0.6) is 0 Å². The predicted octanol–water partition coefficient (Wildman–Crippen LogP) is 5.64. The van der Waals surface area contributed by atoms with Crippen LogP contribution >= 0.6 is 46.9 Å². The second kappa shape index (κ2) is 10.1. The molecule has 0 saturated carbocycles. The van der Waals surface area contributed by atoms with Crippen molar-refractivity contribution in [3.63, 3.8) is 0 Å². The Morgan fingerprint density at radius 1 is 1.15 bits per heavy atom. The summed E-state index contributed by atoms with van der Waals surface area (Å²) in [6, 6.07) is 9.71. The van der Waals surface area contributed by atoms with E-state index in [1.54, 1.807) is 34.9 Å². The number of nitrogens with one attached hydrogen (secondary N) is 3. The maximum absolute atomic E-state index is 13.2. The van der Waals surface area contributed by atoms with Gasteiger partial charge >= 0.3 is 0 Å². The lowest BCUT2D eigenvalue weighted by Gasteiger charge is -2.21. The van der Waals surface area contributed by atoms with Gasteiger partial charge in [0.05, 0.1) is 39.1 Å². The van der Waals surface area contributed by atoms with Crippen LogP contribution in [0.25, 0.3) is 0 Å². The number of carbonyl (C=O) groups excluding carboxylic acids is 1. The molecule has 4 rings (SSSR count). The molecule has 7 nitrogen and oxygen atoms in total. The Kier molecular flexibility index (Phi) is 7.39. The van der Waals surface area contributed by atoms with Gasteiger partial charge in [0, 0.05) is 24.0 Å². The lowest BCUT2D eigenvalue weighted by atomic mass is 10.0. The van der Waals surface area contributed by atoms with Crippen molar-refractivity contribution < 1.29 is 13.2 Å². The van der Waals surface area contributed by atoms with E-state index >= 15 is 0 Å². The number of amides is 1. The lowest BCUT2D eigenvalue weighted by molar-refractivity contribution is 0.0952. The summed E-state index contributed by atoms with van der Waals surface area (Å²) < 4.78 is 33.5. The van der Waals surface area contributed by atoms with Gasteiger partial charge in [-0.25, -0.2) is 8.42 Å². The van der Waals surface area contributed by atoms with E-state index in [2.05, 4.69) is 14.8 Å². The van der Waals surface area contributed by atoms with Crippen molar-refractivity contribution in [3.05, 3.63) is 97.7 Å². The molecular formula is C22H19Cl3N4O3S2. The van der Waals surface area contributed by atoms with Crippen molar-refractivity contribution >= 4 is 68.6 Å². The quantitative estimate of drug-likeness (QED) is 0.382. The molecule has 1 amide bonds. The lowest BCUT2D eigenvalue weighted by Crippen LogP contribution is -2.29. The summed E-state index contributed by atoms with van der Waals surface area (Å²) in [5, 5.41) is 4.02. The monoisotopic (exact) mass is 556 g/mol. The standard InChI is InChI=1S/C22H19Cl3N4O3S2/c1-13(14-4-7-17(24)18(25)9-14)11-26-22(30)16-6-5-15(23)10-19(16)28-34(31,32)21-3-2-8-29-20(21)12-27-33-29/h2-10,12-13,27-28H,11H2,1H3,(H,26,30). The molecule has 2 aromatic rings. The van der Waals surface area contributed by atoms with E-state index in [-0.39, 0.29) is 27.1 Å². The summed E-state index contributed by atoms with van der Waals surface area (Å²) in [6.45, 7) is 2.23. The van der Waals surface area contributed by atoms with Crippen LogP contribution in [0.1, 0.15) is 28.8 Å². The summed E-state index contributed by atoms with van der Waals surface area (Å²) >= 11 is 19.4. The number of hydrogen-bond acceptors (Lipinski definition) is 6. The second-order valence-electron chi connectivity index (χ2n) is 7.52. The fraction of sp³-hybridized carbons (Fsp3) is 0.136. The highest BCUT2D eigenvalue weighted by molar-refractivity contribution is 7.97. The average Bonchev–Trinajstić information content (AvgIpc) is 3.27. The SMILES string of the molecule is CC(CNC(=O)c1ccc(Cl)cc1NS(=O)(=O)C1=CC=CN2SNC=C12)c1ccc(Cl)c(Cl)c1. The van der Waals surface area contributed by atoms with Gasteiger partial charge in [0.2, 0.25) is 0 Å². The zero-order valence-corrected chi connectivity index (χ0v) is 21.6. The van der Waals surface area contributed by atoms with Crippen LogP contribution in [0, 0.1) is 0 Å². The van der Waals surface area contributed by atoms with Crippen LogP contribution in [0.4, 0.5) is 5.69 Å². The van der Waals surface area contributed by atoms with Crippen molar-refractivity contribution in [2.45, 2.75) is 12.8 Å². The average molecular weight is 558 g/mol. The van der Waals surface area contributed by atoms with Gasteiger partial charge in [-0.15, -0.1) is 0 Å². The number of hydrogen-bond donors (Lipinski definition) is 3. The van der Waals surface area contributed by atoms with E-state index in [0.717, 1.165) is 5.56 Å². The topological polar surface area (TPSA) is 90.5 Å². The molecule has 2 heterocycles. The predicted molar refractivity (Wildman–Crippen MR) is 139 cm³/mol. The Morgan fingerprint density at radius 2 is 1.94 bits per heavy atom. The van der Waals surface area contributed by atoms with Crippen molar-refractivity contribution in [2.24, 2.45) is 0 Å². The summed E-state index contributed by atoms with van der Waals surface area (Å²) in [5.41, 5.74) is 1.60. The first-order chi connectivity index (χ1) is 16.2. The molecule has 0 aliphatic carbocycles. The first-order valence-electron chi connectivity index (χ1n) is 10.0. The summed E-state index contributed by atoms with van der Waals surface area (Å²) in [4.78, 5) is 13.0. The van der Waals surface area contributed by atoms with Gasteiger partial charge in [-0.3, -0.25) is 13.8 Å². The molecule has 2 aliphatic heterocycles. The minimum atomic E-state index is -4.02. The van der Waals surface area contributed by atoms with Crippen LogP contribution in [-0.2, 0) is 10.0 Å². The normalized spacial score (nSPS) is 15.7. The van der Waals surface area contributed by atoms with E-state index in [0.29, 0.717) is 22.3 Å². The Labute approximate surface area is 217 Å². The number of fused-ring (bicyclic) bond motifs is 1.